The molecule has 4 nitrogen and oxygen atoms in total. The van der Waals surface area contributed by atoms with Gasteiger partial charge in [-0.2, -0.15) is 0 Å². The summed E-state index contributed by atoms with van der Waals surface area (Å²) in [6.07, 6.45) is 2.25. The molecule has 1 amide bonds. The Morgan fingerprint density at radius 2 is 1.95 bits per heavy atom. The smallest absolute Gasteiger partial charge is 0.233 e. The minimum atomic E-state index is 0.110. The number of likely N-dealkylation sites (tertiary alicyclic amines) is 1. The summed E-state index contributed by atoms with van der Waals surface area (Å²) in [5, 5.41) is 6.37. The standard InChI is InChI=1S/C17H27N3O/c1-14(15-6-4-3-5-7-15)12-19-16-8-10-20(11-9-16)13-17(21)18-2/h3-7,14,16,19H,8-13H2,1-2H3,(H,18,21). The van der Waals surface area contributed by atoms with Gasteiger partial charge in [0.15, 0.2) is 0 Å². The first-order chi connectivity index (χ1) is 10.2. The fourth-order valence-electron chi connectivity index (χ4n) is 2.82. The normalized spacial score (nSPS) is 18.4. The number of benzene rings is 1. The lowest BCUT2D eigenvalue weighted by atomic mass is 9.99. The van der Waals surface area contributed by atoms with E-state index in [-0.39, 0.29) is 5.91 Å². The first kappa shape index (κ1) is 16.0. The van der Waals surface area contributed by atoms with E-state index in [4.69, 9.17) is 0 Å². The van der Waals surface area contributed by atoms with E-state index in [0.29, 0.717) is 18.5 Å². The van der Waals surface area contributed by atoms with Crippen LogP contribution >= 0.6 is 0 Å². The van der Waals surface area contributed by atoms with Crippen LogP contribution in [0.4, 0.5) is 0 Å². The highest BCUT2D eigenvalue weighted by molar-refractivity contribution is 5.77. The molecule has 2 N–H and O–H groups in total. The second-order valence-electron chi connectivity index (χ2n) is 5.94. The van der Waals surface area contributed by atoms with Gasteiger partial charge in [-0.15, -0.1) is 0 Å². The van der Waals surface area contributed by atoms with Gasteiger partial charge in [0.25, 0.3) is 0 Å². The van der Waals surface area contributed by atoms with E-state index in [1.54, 1.807) is 7.05 Å². The Morgan fingerprint density at radius 1 is 1.29 bits per heavy atom. The molecule has 1 atom stereocenters. The van der Waals surface area contributed by atoms with Crippen LogP contribution in [-0.2, 0) is 4.79 Å². The molecule has 1 unspecified atom stereocenters. The van der Waals surface area contributed by atoms with Crippen LogP contribution in [0.1, 0.15) is 31.2 Å². The van der Waals surface area contributed by atoms with Crippen molar-refractivity contribution in [2.24, 2.45) is 0 Å². The van der Waals surface area contributed by atoms with Gasteiger partial charge in [-0.1, -0.05) is 37.3 Å². The van der Waals surface area contributed by atoms with Gasteiger partial charge in [-0.05, 0) is 24.3 Å². The van der Waals surface area contributed by atoms with Crippen molar-refractivity contribution in [3.63, 3.8) is 0 Å². The summed E-state index contributed by atoms with van der Waals surface area (Å²) in [6.45, 7) is 5.83. The molecule has 2 rings (SSSR count). The predicted octanol–water partition coefficient (Wildman–Crippen LogP) is 1.59. The molecule has 1 aromatic carbocycles. The first-order valence-electron chi connectivity index (χ1n) is 7.90. The third-order valence-corrected chi connectivity index (χ3v) is 4.31. The van der Waals surface area contributed by atoms with Crippen LogP contribution in [0.25, 0.3) is 0 Å². The van der Waals surface area contributed by atoms with Crippen molar-refractivity contribution in [1.29, 1.82) is 0 Å². The zero-order chi connectivity index (χ0) is 15.1. The molecule has 1 aliphatic rings. The summed E-state index contributed by atoms with van der Waals surface area (Å²) in [4.78, 5) is 13.6. The molecule has 0 bridgehead atoms. The summed E-state index contributed by atoms with van der Waals surface area (Å²) < 4.78 is 0. The topological polar surface area (TPSA) is 44.4 Å². The molecule has 1 aromatic rings. The van der Waals surface area contributed by atoms with Gasteiger partial charge < -0.3 is 10.6 Å². The maximum atomic E-state index is 11.4. The van der Waals surface area contributed by atoms with Gasteiger partial charge in [-0.3, -0.25) is 9.69 Å². The van der Waals surface area contributed by atoms with Gasteiger partial charge in [0.1, 0.15) is 0 Å². The average molecular weight is 289 g/mol. The molecule has 116 valence electrons. The second kappa shape index (κ2) is 8.15. The van der Waals surface area contributed by atoms with Crippen LogP contribution in [0.15, 0.2) is 30.3 Å². The summed E-state index contributed by atoms with van der Waals surface area (Å²) in [6, 6.07) is 11.2. The lowest BCUT2D eigenvalue weighted by Crippen LogP contribution is -2.46. The van der Waals surface area contributed by atoms with Crippen LogP contribution in [0.5, 0.6) is 0 Å². The molecule has 21 heavy (non-hydrogen) atoms. The molecule has 4 heteroatoms. The Balaban J connectivity index is 1.68. The lowest BCUT2D eigenvalue weighted by Gasteiger charge is -2.32. The van der Waals surface area contributed by atoms with Crippen LogP contribution < -0.4 is 10.6 Å². The van der Waals surface area contributed by atoms with Gasteiger partial charge in [-0.25, -0.2) is 0 Å². The SMILES string of the molecule is CNC(=O)CN1CCC(NCC(C)c2ccccc2)CC1. The lowest BCUT2D eigenvalue weighted by molar-refractivity contribution is -0.122. The molecular weight excluding hydrogens is 262 g/mol. The van der Waals surface area contributed by atoms with E-state index in [2.05, 4.69) is 52.8 Å². The quantitative estimate of drug-likeness (QED) is 0.836. The number of carbonyl (C=O) groups is 1. The van der Waals surface area contributed by atoms with Gasteiger partial charge in [0, 0.05) is 32.7 Å². The van der Waals surface area contributed by atoms with Crippen molar-refractivity contribution in [2.75, 3.05) is 33.2 Å². The molecule has 0 spiro atoms. The number of hydrogen-bond acceptors (Lipinski definition) is 3. The van der Waals surface area contributed by atoms with E-state index in [1.165, 1.54) is 5.56 Å². The van der Waals surface area contributed by atoms with Crippen molar-refractivity contribution < 1.29 is 4.79 Å². The van der Waals surface area contributed by atoms with Crippen LogP contribution in [0.2, 0.25) is 0 Å². The fraction of sp³-hybridized carbons (Fsp3) is 0.588. The molecule has 1 fully saturated rings. The number of piperidine rings is 1. The van der Waals surface area contributed by atoms with Crippen LogP contribution in [-0.4, -0.2) is 50.1 Å². The Hall–Kier alpha value is -1.39. The molecule has 1 aliphatic heterocycles. The maximum Gasteiger partial charge on any atom is 0.233 e. The average Bonchev–Trinajstić information content (AvgIpc) is 2.54. The molecule has 0 aromatic heterocycles. The number of amides is 1. The summed E-state index contributed by atoms with van der Waals surface area (Å²) in [5.74, 6) is 0.647. The van der Waals surface area contributed by atoms with E-state index < -0.39 is 0 Å². The van der Waals surface area contributed by atoms with E-state index >= 15 is 0 Å². The van der Waals surface area contributed by atoms with Gasteiger partial charge in [0.05, 0.1) is 6.54 Å². The molecular formula is C17H27N3O. The third-order valence-electron chi connectivity index (χ3n) is 4.31. The molecule has 1 heterocycles. The number of nitrogens with one attached hydrogen (secondary N) is 2. The summed E-state index contributed by atoms with van der Waals surface area (Å²) in [7, 11) is 1.70. The summed E-state index contributed by atoms with van der Waals surface area (Å²) >= 11 is 0. The van der Waals surface area contributed by atoms with Crippen molar-refractivity contribution in [3.05, 3.63) is 35.9 Å². The predicted molar refractivity (Wildman–Crippen MR) is 86.4 cm³/mol. The van der Waals surface area contributed by atoms with Crippen molar-refractivity contribution in [2.45, 2.75) is 31.7 Å². The fourth-order valence-corrected chi connectivity index (χ4v) is 2.82. The van der Waals surface area contributed by atoms with E-state index in [0.717, 1.165) is 32.5 Å². The minimum Gasteiger partial charge on any atom is -0.358 e. The van der Waals surface area contributed by atoms with Gasteiger partial charge >= 0.3 is 0 Å². The minimum absolute atomic E-state index is 0.110. The first-order valence-corrected chi connectivity index (χ1v) is 7.90. The Labute approximate surface area is 127 Å². The highest BCUT2D eigenvalue weighted by Gasteiger charge is 2.20. The number of rotatable bonds is 6. The number of likely N-dealkylation sites (N-methyl/N-ethyl adjacent to an activating group) is 1. The maximum absolute atomic E-state index is 11.4. The Bertz CT molecular complexity index is 427. The van der Waals surface area contributed by atoms with E-state index in [1.807, 2.05) is 0 Å². The van der Waals surface area contributed by atoms with Gasteiger partial charge in [0.2, 0.25) is 5.91 Å². The van der Waals surface area contributed by atoms with Crippen molar-refractivity contribution in [1.82, 2.24) is 15.5 Å². The highest BCUT2D eigenvalue weighted by Crippen LogP contribution is 2.15. The number of hydrogen-bond donors (Lipinski definition) is 2. The molecule has 0 radical (unpaired) electrons. The second-order valence-corrected chi connectivity index (χ2v) is 5.94. The van der Waals surface area contributed by atoms with E-state index in [9.17, 15) is 4.79 Å². The Morgan fingerprint density at radius 3 is 2.57 bits per heavy atom. The summed E-state index contributed by atoms with van der Waals surface area (Å²) in [5.41, 5.74) is 1.39. The number of carbonyl (C=O) groups excluding carboxylic acids is 1. The molecule has 0 aliphatic carbocycles. The third kappa shape index (κ3) is 5.14. The number of nitrogens with zero attached hydrogens (tertiary/aromatic N) is 1. The Kier molecular flexibility index (Phi) is 6.21. The van der Waals surface area contributed by atoms with Crippen LogP contribution in [0, 0.1) is 0 Å². The zero-order valence-electron chi connectivity index (χ0n) is 13.1. The van der Waals surface area contributed by atoms with Crippen molar-refractivity contribution >= 4 is 5.91 Å². The van der Waals surface area contributed by atoms with Crippen LogP contribution in [0.3, 0.4) is 0 Å². The largest absolute Gasteiger partial charge is 0.358 e. The zero-order valence-corrected chi connectivity index (χ0v) is 13.1. The highest BCUT2D eigenvalue weighted by atomic mass is 16.1. The monoisotopic (exact) mass is 289 g/mol. The van der Waals surface area contributed by atoms with Crippen molar-refractivity contribution in [3.8, 4) is 0 Å². The molecule has 0 saturated carbocycles. The molecule has 1 saturated heterocycles.